The summed E-state index contributed by atoms with van der Waals surface area (Å²) in [5.74, 6) is -0.754. The maximum absolute atomic E-state index is 12.9. The van der Waals surface area contributed by atoms with Crippen LogP contribution >= 0.6 is 0 Å². The number of rotatable bonds is 19. The van der Waals surface area contributed by atoms with Crippen molar-refractivity contribution in [3.8, 4) is 0 Å². The van der Waals surface area contributed by atoms with E-state index in [9.17, 15) is 9.59 Å². The first kappa shape index (κ1) is 26.9. The molecule has 166 valence electrons. The molecule has 0 aromatic carbocycles. The Morgan fingerprint density at radius 3 is 1.36 bits per heavy atom. The molecule has 0 aromatic heterocycles. The van der Waals surface area contributed by atoms with Crippen LogP contribution in [0.25, 0.3) is 0 Å². The quantitative estimate of drug-likeness (QED) is 0.134. The number of hydrogen-bond donors (Lipinski definition) is 0. The maximum atomic E-state index is 12.9. The molecule has 0 heterocycles. The Hall–Kier alpha value is -1.06. The molecule has 0 amide bonds. The van der Waals surface area contributed by atoms with Gasteiger partial charge in [0, 0.05) is 0 Å². The van der Waals surface area contributed by atoms with Crippen LogP contribution in [0, 0.1) is 5.41 Å². The first-order chi connectivity index (χ1) is 13.6. The predicted octanol–water partition coefficient (Wildman–Crippen LogP) is 6.99. The highest BCUT2D eigenvalue weighted by atomic mass is 16.6. The second-order valence-electron chi connectivity index (χ2n) is 7.99. The molecule has 0 saturated heterocycles. The van der Waals surface area contributed by atoms with E-state index in [1.807, 2.05) is 6.92 Å². The van der Waals surface area contributed by atoms with Crippen molar-refractivity contribution in [3.63, 3.8) is 0 Å². The lowest BCUT2D eigenvalue weighted by Gasteiger charge is -2.28. The summed E-state index contributed by atoms with van der Waals surface area (Å²) >= 11 is 0. The van der Waals surface area contributed by atoms with E-state index in [1.54, 1.807) is 0 Å². The number of carbonyl (C=O) groups excluding carboxylic acids is 2. The average Bonchev–Trinajstić information content (AvgIpc) is 2.70. The fraction of sp³-hybridized carbons (Fsp3) is 0.917. The molecule has 0 aliphatic rings. The van der Waals surface area contributed by atoms with Crippen LogP contribution in [0.1, 0.15) is 124 Å². The first-order valence-corrected chi connectivity index (χ1v) is 11.9. The minimum absolute atomic E-state index is 0.377. The zero-order valence-electron chi connectivity index (χ0n) is 19.2. The van der Waals surface area contributed by atoms with E-state index in [4.69, 9.17) is 9.47 Å². The van der Waals surface area contributed by atoms with Gasteiger partial charge in [-0.25, -0.2) is 0 Å². The van der Waals surface area contributed by atoms with Crippen molar-refractivity contribution in [3.05, 3.63) is 0 Å². The van der Waals surface area contributed by atoms with Gasteiger partial charge in [0.25, 0.3) is 0 Å². The van der Waals surface area contributed by atoms with Crippen LogP contribution in [-0.4, -0.2) is 25.2 Å². The van der Waals surface area contributed by atoms with Gasteiger partial charge in [-0.1, -0.05) is 98.3 Å². The number of carbonyl (C=O) groups is 2. The monoisotopic (exact) mass is 398 g/mol. The Morgan fingerprint density at radius 2 is 0.964 bits per heavy atom. The molecular weight excluding hydrogens is 352 g/mol. The molecule has 28 heavy (non-hydrogen) atoms. The summed E-state index contributed by atoms with van der Waals surface area (Å²) in [6.45, 7) is 9.20. The minimum Gasteiger partial charge on any atom is -0.465 e. The van der Waals surface area contributed by atoms with E-state index in [0.29, 0.717) is 26.1 Å². The molecule has 0 bridgehead atoms. The second-order valence-corrected chi connectivity index (χ2v) is 7.99. The molecule has 0 aromatic rings. The van der Waals surface area contributed by atoms with Gasteiger partial charge in [-0.3, -0.25) is 9.59 Å². The molecule has 0 aliphatic carbocycles. The van der Waals surface area contributed by atoms with Gasteiger partial charge in [0.1, 0.15) is 0 Å². The first-order valence-electron chi connectivity index (χ1n) is 11.9. The van der Waals surface area contributed by atoms with Crippen molar-refractivity contribution >= 4 is 11.9 Å². The standard InChI is InChI=1S/C24H46O4/c1-5-9-12-14-17-20-27-22(25)24(8-4,19-16-11-7-3)23(26)28-21-18-15-13-10-6-2/h5-21H2,1-4H3. The SMILES string of the molecule is CCCCCCCOC(=O)C(CC)(CCCCC)C(=O)OCCCCCCC. The van der Waals surface area contributed by atoms with Crippen molar-refractivity contribution < 1.29 is 19.1 Å². The van der Waals surface area contributed by atoms with Crippen molar-refractivity contribution in [1.29, 1.82) is 0 Å². The summed E-state index contributed by atoms with van der Waals surface area (Å²) in [5.41, 5.74) is -1.12. The van der Waals surface area contributed by atoms with E-state index >= 15 is 0 Å². The minimum atomic E-state index is -1.12. The lowest BCUT2D eigenvalue weighted by molar-refractivity contribution is -0.174. The molecule has 0 N–H and O–H groups in total. The highest BCUT2D eigenvalue weighted by molar-refractivity contribution is 6.00. The summed E-state index contributed by atoms with van der Waals surface area (Å²) in [6.07, 6.45) is 14.9. The highest BCUT2D eigenvalue weighted by Crippen LogP contribution is 2.33. The van der Waals surface area contributed by atoms with Gasteiger partial charge in [0.2, 0.25) is 0 Å². The zero-order valence-corrected chi connectivity index (χ0v) is 19.2. The van der Waals surface area contributed by atoms with Crippen LogP contribution in [-0.2, 0) is 19.1 Å². The molecule has 0 atom stereocenters. The number of ether oxygens (including phenoxy) is 2. The summed E-state index contributed by atoms with van der Waals surface area (Å²) in [7, 11) is 0. The molecule has 0 aliphatic heterocycles. The Kier molecular flexibility index (Phi) is 17.3. The summed E-state index contributed by atoms with van der Waals surface area (Å²) in [4.78, 5) is 25.7. The van der Waals surface area contributed by atoms with Crippen molar-refractivity contribution in [2.24, 2.45) is 5.41 Å². The molecule has 0 radical (unpaired) electrons. The normalized spacial score (nSPS) is 11.4. The number of esters is 2. The van der Waals surface area contributed by atoms with Gasteiger partial charge in [0.15, 0.2) is 5.41 Å². The van der Waals surface area contributed by atoms with Gasteiger partial charge in [-0.05, 0) is 25.7 Å². The lowest BCUT2D eigenvalue weighted by Crippen LogP contribution is -2.42. The summed E-state index contributed by atoms with van der Waals surface area (Å²) in [5, 5.41) is 0. The molecule has 0 saturated carbocycles. The highest BCUT2D eigenvalue weighted by Gasteiger charge is 2.46. The average molecular weight is 399 g/mol. The Labute approximate surface area is 174 Å². The molecular formula is C24H46O4. The van der Waals surface area contributed by atoms with Gasteiger partial charge in [0.05, 0.1) is 13.2 Å². The maximum Gasteiger partial charge on any atom is 0.323 e. The van der Waals surface area contributed by atoms with E-state index in [1.165, 1.54) is 38.5 Å². The van der Waals surface area contributed by atoms with E-state index in [2.05, 4.69) is 20.8 Å². The van der Waals surface area contributed by atoms with Crippen molar-refractivity contribution in [2.75, 3.05) is 13.2 Å². The predicted molar refractivity (Wildman–Crippen MR) is 116 cm³/mol. The van der Waals surface area contributed by atoms with Gasteiger partial charge >= 0.3 is 11.9 Å². The fourth-order valence-electron chi connectivity index (χ4n) is 3.45. The summed E-state index contributed by atoms with van der Waals surface area (Å²) in [6, 6.07) is 0. The molecule has 0 unspecified atom stereocenters. The smallest absolute Gasteiger partial charge is 0.323 e. The van der Waals surface area contributed by atoms with Crippen LogP contribution in [0.3, 0.4) is 0 Å². The third-order valence-corrected chi connectivity index (χ3v) is 5.55. The van der Waals surface area contributed by atoms with E-state index in [-0.39, 0.29) is 11.9 Å². The van der Waals surface area contributed by atoms with Crippen LogP contribution in [0.2, 0.25) is 0 Å². The Bertz CT molecular complexity index is 364. The molecule has 0 fully saturated rings. The summed E-state index contributed by atoms with van der Waals surface area (Å²) < 4.78 is 11.1. The molecule has 0 spiro atoms. The zero-order chi connectivity index (χ0) is 21.1. The van der Waals surface area contributed by atoms with Crippen LogP contribution < -0.4 is 0 Å². The fourth-order valence-corrected chi connectivity index (χ4v) is 3.45. The van der Waals surface area contributed by atoms with Gasteiger partial charge < -0.3 is 9.47 Å². The van der Waals surface area contributed by atoms with Crippen LogP contribution in [0.15, 0.2) is 0 Å². The Morgan fingerprint density at radius 1 is 0.571 bits per heavy atom. The lowest BCUT2D eigenvalue weighted by atomic mass is 9.80. The number of unbranched alkanes of at least 4 members (excludes halogenated alkanes) is 10. The Balaban J connectivity index is 4.65. The second kappa shape index (κ2) is 18.0. The molecule has 4 nitrogen and oxygen atoms in total. The van der Waals surface area contributed by atoms with E-state index < -0.39 is 5.41 Å². The van der Waals surface area contributed by atoms with Crippen LogP contribution in [0.5, 0.6) is 0 Å². The largest absolute Gasteiger partial charge is 0.465 e. The van der Waals surface area contributed by atoms with Crippen molar-refractivity contribution in [1.82, 2.24) is 0 Å². The third-order valence-electron chi connectivity index (χ3n) is 5.55. The van der Waals surface area contributed by atoms with Gasteiger partial charge in [-0.2, -0.15) is 0 Å². The third kappa shape index (κ3) is 11.1. The number of hydrogen-bond acceptors (Lipinski definition) is 4. The topological polar surface area (TPSA) is 52.6 Å². The molecule has 4 heteroatoms. The van der Waals surface area contributed by atoms with E-state index in [0.717, 1.165) is 44.9 Å². The van der Waals surface area contributed by atoms with Gasteiger partial charge in [-0.15, -0.1) is 0 Å². The molecule has 0 rings (SSSR count). The van der Waals surface area contributed by atoms with Crippen molar-refractivity contribution in [2.45, 2.75) is 124 Å². The van der Waals surface area contributed by atoms with Crippen LogP contribution in [0.4, 0.5) is 0 Å².